The molecule has 3 N–H and O–H groups in total. The highest BCUT2D eigenvalue weighted by Crippen LogP contribution is 2.33. The summed E-state index contributed by atoms with van der Waals surface area (Å²) in [6.07, 6.45) is 2.81. The van der Waals surface area contributed by atoms with E-state index < -0.39 is 5.60 Å². The van der Waals surface area contributed by atoms with Crippen LogP contribution in [0, 0.1) is 0 Å². The third-order valence-corrected chi connectivity index (χ3v) is 1.65. The molecule has 0 aliphatic heterocycles. The number of aliphatic hydroxyl groups is 1. The lowest BCUT2D eigenvalue weighted by molar-refractivity contribution is -0.0279. The maximum Gasteiger partial charge on any atom is 0.0801 e. The van der Waals surface area contributed by atoms with E-state index in [1.54, 1.807) is 0 Å². The van der Waals surface area contributed by atoms with E-state index in [1.165, 1.54) is 6.34 Å². The summed E-state index contributed by atoms with van der Waals surface area (Å²) in [5, 5.41) is 9.20. The minimum absolute atomic E-state index is 0.269. The largest absolute Gasteiger partial charge is 0.390 e. The van der Waals surface area contributed by atoms with E-state index in [1.807, 2.05) is 6.92 Å². The van der Waals surface area contributed by atoms with Crippen molar-refractivity contribution < 1.29 is 5.11 Å². The predicted octanol–water partition coefficient (Wildman–Crippen LogP) is -0.113. The van der Waals surface area contributed by atoms with Crippen LogP contribution in [0.4, 0.5) is 0 Å². The van der Waals surface area contributed by atoms with Gasteiger partial charge in [0, 0.05) is 0 Å². The van der Waals surface area contributed by atoms with Crippen LogP contribution in [0.3, 0.4) is 0 Å². The lowest BCUT2D eigenvalue weighted by Crippen LogP contribution is -2.43. The summed E-state index contributed by atoms with van der Waals surface area (Å²) < 4.78 is 0. The highest BCUT2D eigenvalue weighted by Gasteiger charge is 2.37. The number of nitrogens with two attached hydrogens (primary N) is 1. The molecule has 0 radical (unpaired) electrons. The molecule has 1 aliphatic rings. The Hall–Kier alpha value is -0.570. The van der Waals surface area contributed by atoms with Gasteiger partial charge in [0.2, 0.25) is 0 Å². The summed E-state index contributed by atoms with van der Waals surface area (Å²) in [6.45, 7) is 1.82. The van der Waals surface area contributed by atoms with Gasteiger partial charge in [0.25, 0.3) is 0 Å². The van der Waals surface area contributed by atoms with Crippen LogP contribution in [-0.4, -0.2) is 23.1 Å². The van der Waals surface area contributed by atoms with Crippen molar-refractivity contribution in [3.05, 3.63) is 0 Å². The van der Waals surface area contributed by atoms with Crippen molar-refractivity contribution in [2.24, 2.45) is 10.7 Å². The zero-order valence-corrected chi connectivity index (χ0v) is 5.54. The molecule has 9 heavy (non-hydrogen) atoms. The Morgan fingerprint density at radius 2 is 2.33 bits per heavy atom. The Bertz CT molecular complexity index is 123. The van der Waals surface area contributed by atoms with Gasteiger partial charge in [-0.05, 0) is 19.8 Å². The second-order valence-electron chi connectivity index (χ2n) is 2.86. The summed E-state index contributed by atoms with van der Waals surface area (Å²) in [5.74, 6) is 0. The average Bonchev–Trinajstić information content (AvgIpc) is 1.62. The first-order valence-electron chi connectivity index (χ1n) is 3.10. The van der Waals surface area contributed by atoms with Crippen LogP contribution in [0.15, 0.2) is 4.99 Å². The fourth-order valence-electron chi connectivity index (χ4n) is 1.18. The molecule has 0 spiro atoms. The molecule has 1 saturated carbocycles. The van der Waals surface area contributed by atoms with Crippen LogP contribution in [0.1, 0.15) is 19.8 Å². The first kappa shape index (κ1) is 6.55. The zero-order chi connectivity index (χ0) is 6.91. The molecular weight excluding hydrogens is 116 g/mol. The van der Waals surface area contributed by atoms with Gasteiger partial charge in [-0.15, -0.1) is 0 Å². The van der Waals surface area contributed by atoms with E-state index in [-0.39, 0.29) is 6.04 Å². The van der Waals surface area contributed by atoms with Gasteiger partial charge >= 0.3 is 0 Å². The van der Waals surface area contributed by atoms with Crippen molar-refractivity contribution in [3.63, 3.8) is 0 Å². The molecule has 0 aromatic rings. The van der Waals surface area contributed by atoms with Gasteiger partial charge < -0.3 is 10.8 Å². The maximum absolute atomic E-state index is 9.20. The van der Waals surface area contributed by atoms with Crippen LogP contribution < -0.4 is 5.73 Å². The number of hydrogen-bond donors (Lipinski definition) is 2. The van der Waals surface area contributed by atoms with Crippen molar-refractivity contribution in [3.8, 4) is 0 Å². The van der Waals surface area contributed by atoms with Crippen LogP contribution >= 0.6 is 0 Å². The van der Waals surface area contributed by atoms with E-state index in [0.29, 0.717) is 0 Å². The standard InChI is InChI=1S/C6H12N2O/c1-6(9)2-5(3-6)8-4-7/h4-5,9H,2-3H2,1H3,(H2,7,8). The SMILES string of the molecule is CC1(O)CC(N=CN)C1. The first-order valence-corrected chi connectivity index (χ1v) is 3.10. The molecule has 0 unspecified atom stereocenters. The molecule has 0 saturated heterocycles. The lowest BCUT2D eigenvalue weighted by Gasteiger charge is -2.38. The van der Waals surface area contributed by atoms with E-state index in [2.05, 4.69) is 4.99 Å². The van der Waals surface area contributed by atoms with E-state index in [4.69, 9.17) is 5.73 Å². The number of rotatable bonds is 1. The highest BCUT2D eigenvalue weighted by molar-refractivity contribution is 5.51. The fraction of sp³-hybridized carbons (Fsp3) is 0.833. The van der Waals surface area contributed by atoms with Crippen LogP contribution in [0.2, 0.25) is 0 Å². The molecule has 0 atom stereocenters. The molecule has 3 nitrogen and oxygen atoms in total. The van der Waals surface area contributed by atoms with Gasteiger partial charge in [-0.2, -0.15) is 0 Å². The topological polar surface area (TPSA) is 58.6 Å². The monoisotopic (exact) mass is 128 g/mol. The van der Waals surface area contributed by atoms with Crippen LogP contribution in [-0.2, 0) is 0 Å². The summed E-state index contributed by atoms with van der Waals surface area (Å²) >= 11 is 0. The quantitative estimate of drug-likeness (QED) is 0.382. The van der Waals surface area contributed by atoms with E-state index >= 15 is 0 Å². The van der Waals surface area contributed by atoms with E-state index in [9.17, 15) is 5.11 Å². The Morgan fingerprint density at radius 1 is 1.78 bits per heavy atom. The van der Waals surface area contributed by atoms with Crippen LogP contribution in [0.5, 0.6) is 0 Å². The molecule has 0 aromatic carbocycles. The third kappa shape index (κ3) is 1.42. The summed E-state index contributed by atoms with van der Waals surface area (Å²) in [4.78, 5) is 3.92. The van der Waals surface area contributed by atoms with Gasteiger partial charge in [0.1, 0.15) is 0 Å². The van der Waals surface area contributed by atoms with Gasteiger partial charge in [-0.25, -0.2) is 0 Å². The number of aliphatic imine (C=N–C) groups is 1. The molecule has 3 heteroatoms. The van der Waals surface area contributed by atoms with Gasteiger partial charge in [-0.3, -0.25) is 4.99 Å². The second kappa shape index (κ2) is 1.99. The fourth-order valence-corrected chi connectivity index (χ4v) is 1.18. The summed E-state index contributed by atoms with van der Waals surface area (Å²) in [7, 11) is 0. The highest BCUT2D eigenvalue weighted by atomic mass is 16.3. The van der Waals surface area contributed by atoms with Crippen molar-refractivity contribution >= 4 is 6.34 Å². The van der Waals surface area contributed by atoms with Crippen molar-refractivity contribution in [1.82, 2.24) is 0 Å². The Labute approximate surface area is 54.6 Å². The molecule has 1 rings (SSSR count). The minimum Gasteiger partial charge on any atom is -0.390 e. The molecule has 1 fully saturated rings. The summed E-state index contributed by atoms with van der Waals surface area (Å²) in [5.41, 5.74) is 4.58. The average molecular weight is 128 g/mol. The maximum atomic E-state index is 9.20. The molecular formula is C6H12N2O. The predicted molar refractivity (Wildman–Crippen MR) is 36.3 cm³/mol. The molecule has 0 bridgehead atoms. The molecule has 0 amide bonds. The lowest BCUT2D eigenvalue weighted by atomic mass is 9.78. The Morgan fingerprint density at radius 3 is 2.67 bits per heavy atom. The second-order valence-corrected chi connectivity index (χ2v) is 2.86. The molecule has 0 aromatic heterocycles. The van der Waals surface area contributed by atoms with Crippen molar-refractivity contribution in [1.29, 1.82) is 0 Å². The number of nitrogens with zero attached hydrogens (tertiary/aromatic N) is 1. The number of hydrogen-bond acceptors (Lipinski definition) is 2. The van der Waals surface area contributed by atoms with Crippen LogP contribution in [0.25, 0.3) is 0 Å². The first-order chi connectivity index (χ1) is 4.14. The van der Waals surface area contributed by atoms with Gasteiger partial charge in [0.05, 0.1) is 18.0 Å². The van der Waals surface area contributed by atoms with Gasteiger partial charge in [0.15, 0.2) is 0 Å². The smallest absolute Gasteiger partial charge is 0.0801 e. The van der Waals surface area contributed by atoms with Crippen molar-refractivity contribution in [2.45, 2.75) is 31.4 Å². The zero-order valence-electron chi connectivity index (χ0n) is 5.54. The van der Waals surface area contributed by atoms with Gasteiger partial charge in [-0.1, -0.05) is 0 Å². The minimum atomic E-state index is -0.475. The molecule has 1 aliphatic carbocycles. The Balaban J connectivity index is 2.27. The summed E-state index contributed by atoms with van der Waals surface area (Å²) in [6, 6.07) is 0.269. The van der Waals surface area contributed by atoms with E-state index in [0.717, 1.165) is 12.8 Å². The third-order valence-electron chi connectivity index (χ3n) is 1.65. The molecule has 0 heterocycles. The normalized spacial score (nSPS) is 43.1. The Kier molecular flexibility index (Phi) is 1.45. The van der Waals surface area contributed by atoms with Crippen molar-refractivity contribution in [2.75, 3.05) is 0 Å². The molecule has 52 valence electrons.